The number of aliphatic carboxylic acids is 1. The van der Waals surface area contributed by atoms with Crippen LogP contribution in [0.1, 0.15) is 39.0 Å². The molecular weight excluding hydrogens is 272 g/mol. The summed E-state index contributed by atoms with van der Waals surface area (Å²) in [5.41, 5.74) is -0.694. The number of amides is 2. The topological polar surface area (TPSA) is 78.9 Å². The second-order valence-corrected chi connectivity index (χ2v) is 6.78. The molecule has 0 bridgehead atoms. The molecule has 6 nitrogen and oxygen atoms in total. The van der Waals surface area contributed by atoms with Gasteiger partial charge in [0.15, 0.2) is 0 Å². The molecule has 2 heterocycles. The number of carbonyl (C=O) groups is 2. The quantitative estimate of drug-likeness (QED) is 0.808. The fourth-order valence-electron chi connectivity index (χ4n) is 4.19. The summed E-state index contributed by atoms with van der Waals surface area (Å²) in [4.78, 5) is 25.7. The van der Waals surface area contributed by atoms with Crippen LogP contribution in [0.5, 0.6) is 0 Å². The van der Waals surface area contributed by atoms with E-state index in [1.807, 2.05) is 6.92 Å². The van der Waals surface area contributed by atoms with Gasteiger partial charge in [-0.25, -0.2) is 4.79 Å². The fraction of sp³-hybridized carbons (Fsp3) is 0.867. The Morgan fingerprint density at radius 2 is 2.19 bits per heavy atom. The molecule has 118 valence electrons. The number of nitrogens with zero attached hydrogens (tertiary/aromatic N) is 1. The van der Waals surface area contributed by atoms with Crippen molar-refractivity contribution in [2.24, 2.45) is 11.3 Å². The molecule has 0 aromatic carbocycles. The summed E-state index contributed by atoms with van der Waals surface area (Å²) in [6, 6.07) is 0.0339. The zero-order valence-electron chi connectivity index (χ0n) is 12.5. The van der Waals surface area contributed by atoms with E-state index in [4.69, 9.17) is 4.74 Å². The molecular formula is C15H24N2O4. The van der Waals surface area contributed by atoms with Crippen LogP contribution in [0.25, 0.3) is 0 Å². The first-order chi connectivity index (χ1) is 10.0. The summed E-state index contributed by atoms with van der Waals surface area (Å²) in [6.07, 6.45) is 4.41. The maximum absolute atomic E-state index is 12.4. The minimum Gasteiger partial charge on any atom is -0.481 e. The SMILES string of the molecule is CC1CC(NC(=O)N2C[C@@H]3CCC[C@@]3(C(=O)O)C2)CCO1. The lowest BCUT2D eigenvalue weighted by Gasteiger charge is -2.30. The van der Waals surface area contributed by atoms with Crippen molar-refractivity contribution in [3.05, 3.63) is 0 Å². The third kappa shape index (κ3) is 2.61. The van der Waals surface area contributed by atoms with Crippen LogP contribution in [-0.4, -0.2) is 53.8 Å². The van der Waals surface area contributed by atoms with E-state index in [-0.39, 0.29) is 24.1 Å². The van der Waals surface area contributed by atoms with Gasteiger partial charge < -0.3 is 20.1 Å². The molecule has 3 fully saturated rings. The minimum atomic E-state index is -0.736. The Bertz CT molecular complexity index is 441. The third-order valence-electron chi connectivity index (χ3n) is 5.40. The van der Waals surface area contributed by atoms with Gasteiger partial charge in [-0.1, -0.05) is 6.42 Å². The van der Waals surface area contributed by atoms with Crippen LogP contribution < -0.4 is 5.32 Å². The monoisotopic (exact) mass is 296 g/mol. The maximum atomic E-state index is 12.4. The lowest BCUT2D eigenvalue weighted by molar-refractivity contribution is -0.149. The molecule has 2 aliphatic heterocycles. The van der Waals surface area contributed by atoms with Gasteiger partial charge in [0.2, 0.25) is 0 Å². The number of fused-ring (bicyclic) bond motifs is 1. The Hall–Kier alpha value is -1.30. The van der Waals surface area contributed by atoms with Gasteiger partial charge in [0.1, 0.15) is 0 Å². The summed E-state index contributed by atoms with van der Waals surface area (Å²) in [7, 11) is 0. The van der Waals surface area contributed by atoms with E-state index >= 15 is 0 Å². The molecule has 21 heavy (non-hydrogen) atoms. The van der Waals surface area contributed by atoms with Crippen LogP contribution >= 0.6 is 0 Å². The van der Waals surface area contributed by atoms with E-state index in [1.165, 1.54) is 0 Å². The van der Waals surface area contributed by atoms with Gasteiger partial charge >= 0.3 is 12.0 Å². The van der Waals surface area contributed by atoms with Crippen molar-refractivity contribution in [3.8, 4) is 0 Å². The number of carboxylic acid groups (broad SMARTS) is 1. The molecule has 0 aromatic heterocycles. The van der Waals surface area contributed by atoms with E-state index in [2.05, 4.69) is 5.32 Å². The lowest BCUT2D eigenvalue weighted by atomic mass is 9.81. The smallest absolute Gasteiger partial charge is 0.317 e. The van der Waals surface area contributed by atoms with Gasteiger partial charge in [0, 0.05) is 25.7 Å². The Morgan fingerprint density at radius 1 is 1.38 bits per heavy atom. The maximum Gasteiger partial charge on any atom is 0.317 e. The first-order valence-electron chi connectivity index (χ1n) is 7.92. The number of nitrogens with one attached hydrogen (secondary N) is 1. The highest BCUT2D eigenvalue weighted by molar-refractivity contribution is 5.80. The molecule has 0 aromatic rings. The van der Waals surface area contributed by atoms with Crippen molar-refractivity contribution >= 4 is 12.0 Å². The normalized spacial score (nSPS) is 39.1. The summed E-state index contributed by atoms with van der Waals surface area (Å²) < 4.78 is 5.48. The number of ether oxygens (including phenoxy) is 1. The highest BCUT2D eigenvalue weighted by atomic mass is 16.5. The second-order valence-electron chi connectivity index (χ2n) is 6.78. The molecule has 2 saturated heterocycles. The predicted molar refractivity (Wildman–Crippen MR) is 76.0 cm³/mol. The summed E-state index contributed by atoms with van der Waals surface area (Å²) in [5.74, 6) is -0.616. The number of hydrogen-bond acceptors (Lipinski definition) is 3. The average molecular weight is 296 g/mol. The van der Waals surface area contributed by atoms with Gasteiger partial charge in [-0.15, -0.1) is 0 Å². The van der Waals surface area contributed by atoms with E-state index in [0.29, 0.717) is 26.1 Å². The van der Waals surface area contributed by atoms with Gasteiger partial charge in [0.05, 0.1) is 11.5 Å². The number of likely N-dealkylation sites (tertiary alicyclic amines) is 1. The number of hydrogen-bond donors (Lipinski definition) is 2. The zero-order chi connectivity index (χ0) is 15.0. The highest BCUT2D eigenvalue weighted by Gasteiger charge is 2.55. The van der Waals surface area contributed by atoms with E-state index < -0.39 is 11.4 Å². The van der Waals surface area contributed by atoms with Crippen LogP contribution in [0.4, 0.5) is 4.79 Å². The van der Waals surface area contributed by atoms with E-state index in [0.717, 1.165) is 25.7 Å². The standard InChI is InChI=1S/C15H24N2O4/c1-10-7-12(4-6-21-10)16-14(20)17-8-11-3-2-5-15(11,9-17)13(18)19/h10-12H,2-9H2,1H3,(H,16,20)(H,18,19)/t10?,11-,12?,15+/m0/s1. The molecule has 6 heteroatoms. The number of urea groups is 1. The minimum absolute atomic E-state index is 0.107. The van der Waals surface area contributed by atoms with Crippen LogP contribution in [-0.2, 0) is 9.53 Å². The van der Waals surface area contributed by atoms with Crippen LogP contribution in [0.15, 0.2) is 0 Å². The molecule has 2 amide bonds. The average Bonchev–Trinajstić information content (AvgIpc) is 2.95. The number of carbonyl (C=O) groups excluding carboxylic acids is 1. The molecule has 3 rings (SSSR count). The molecule has 1 aliphatic carbocycles. The lowest BCUT2D eigenvalue weighted by Crippen LogP contribution is -2.48. The van der Waals surface area contributed by atoms with Crippen molar-refractivity contribution in [2.45, 2.75) is 51.2 Å². The van der Waals surface area contributed by atoms with Crippen molar-refractivity contribution in [1.82, 2.24) is 10.2 Å². The highest BCUT2D eigenvalue weighted by Crippen LogP contribution is 2.48. The largest absolute Gasteiger partial charge is 0.481 e. The van der Waals surface area contributed by atoms with E-state index in [1.54, 1.807) is 4.90 Å². The number of rotatable bonds is 2. The molecule has 3 aliphatic rings. The summed E-state index contributed by atoms with van der Waals surface area (Å²) in [6.45, 7) is 3.63. The first kappa shape index (κ1) is 14.6. The van der Waals surface area contributed by atoms with Gasteiger partial charge in [-0.3, -0.25) is 4.79 Å². The van der Waals surface area contributed by atoms with Gasteiger partial charge in [-0.2, -0.15) is 0 Å². The third-order valence-corrected chi connectivity index (χ3v) is 5.40. The van der Waals surface area contributed by atoms with Crippen molar-refractivity contribution in [2.75, 3.05) is 19.7 Å². The van der Waals surface area contributed by atoms with Crippen molar-refractivity contribution in [3.63, 3.8) is 0 Å². The zero-order valence-corrected chi connectivity index (χ0v) is 12.5. The molecule has 4 atom stereocenters. The van der Waals surface area contributed by atoms with Gasteiger partial charge in [-0.05, 0) is 38.5 Å². The van der Waals surface area contributed by atoms with Crippen molar-refractivity contribution in [1.29, 1.82) is 0 Å². The molecule has 0 spiro atoms. The van der Waals surface area contributed by atoms with Gasteiger partial charge in [0.25, 0.3) is 0 Å². The molecule has 0 radical (unpaired) electrons. The van der Waals surface area contributed by atoms with Crippen LogP contribution in [0.3, 0.4) is 0 Å². The Balaban J connectivity index is 1.60. The van der Waals surface area contributed by atoms with Crippen LogP contribution in [0.2, 0.25) is 0 Å². The summed E-state index contributed by atoms with van der Waals surface area (Å²) >= 11 is 0. The fourth-order valence-corrected chi connectivity index (χ4v) is 4.19. The molecule has 2 unspecified atom stereocenters. The molecule has 1 saturated carbocycles. The molecule has 2 N–H and O–H groups in total. The van der Waals surface area contributed by atoms with Crippen LogP contribution in [0, 0.1) is 11.3 Å². The second kappa shape index (κ2) is 5.48. The Labute approximate surface area is 124 Å². The summed E-state index contributed by atoms with van der Waals surface area (Å²) in [5, 5.41) is 12.6. The Morgan fingerprint density at radius 3 is 2.86 bits per heavy atom. The van der Waals surface area contributed by atoms with E-state index in [9.17, 15) is 14.7 Å². The first-order valence-corrected chi connectivity index (χ1v) is 7.92. The van der Waals surface area contributed by atoms with Crippen molar-refractivity contribution < 1.29 is 19.4 Å². The predicted octanol–water partition coefficient (Wildman–Crippen LogP) is 1.45. The Kier molecular flexibility index (Phi) is 3.82. The number of carboxylic acids is 1.